The van der Waals surface area contributed by atoms with Crippen LogP contribution in [0.3, 0.4) is 0 Å². The largest absolute Gasteiger partial charge is 0.329 e. The molecule has 1 aromatic heterocycles. The van der Waals surface area contributed by atoms with Gasteiger partial charge >= 0.3 is 0 Å². The first-order valence-corrected chi connectivity index (χ1v) is 5.04. The van der Waals surface area contributed by atoms with Crippen molar-refractivity contribution in [1.29, 1.82) is 0 Å². The van der Waals surface area contributed by atoms with E-state index in [-0.39, 0.29) is 0 Å². The molecular weight excluding hydrogens is 176 g/mol. The Kier molecular flexibility index (Phi) is 4.10. The van der Waals surface area contributed by atoms with Gasteiger partial charge < -0.3 is 11.1 Å². The van der Waals surface area contributed by atoms with Crippen molar-refractivity contribution in [2.45, 2.75) is 26.4 Å². The van der Waals surface area contributed by atoms with Crippen LogP contribution in [0, 0.1) is 5.92 Å². The van der Waals surface area contributed by atoms with Crippen molar-refractivity contribution in [1.82, 2.24) is 15.1 Å². The number of hydrogen-bond acceptors (Lipinski definition) is 3. The van der Waals surface area contributed by atoms with Crippen molar-refractivity contribution in [3.8, 4) is 0 Å². The second-order valence-electron chi connectivity index (χ2n) is 3.99. The topological polar surface area (TPSA) is 55.9 Å². The Bertz CT molecular complexity index is 267. The molecule has 1 atom stereocenters. The smallest absolute Gasteiger partial charge is 0.0534 e. The maximum atomic E-state index is 5.66. The highest BCUT2D eigenvalue weighted by molar-refractivity contribution is 5.03. The van der Waals surface area contributed by atoms with E-state index in [1.165, 1.54) is 5.56 Å². The van der Waals surface area contributed by atoms with Crippen LogP contribution < -0.4 is 11.1 Å². The van der Waals surface area contributed by atoms with Gasteiger partial charge in [0.05, 0.1) is 6.20 Å². The Hall–Kier alpha value is -0.870. The van der Waals surface area contributed by atoms with Crippen LogP contribution in [-0.2, 0) is 13.6 Å². The number of aryl methyl sites for hydroxylation is 1. The lowest BCUT2D eigenvalue weighted by Gasteiger charge is -2.19. The van der Waals surface area contributed by atoms with Crippen LogP contribution in [0.15, 0.2) is 12.4 Å². The van der Waals surface area contributed by atoms with Crippen LogP contribution >= 0.6 is 0 Å². The average Bonchev–Trinajstić information content (AvgIpc) is 2.52. The van der Waals surface area contributed by atoms with Crippen molar-refractivity contribution in [2.24, 2.45) is 18.7 Å². The summed E-state index contributed by atoms with van der Waals surface area (Å²) in [7, 11) is 1.92. The second kappa shape index (κ2) is 5.12. The third-order valence-corrected chi connectivity index (χ3v) is 2.39. The lowest BCUT2D eigenvalue weighted by Crippen LogP contribution is -2.39. The summed E-state index contributed by atoms with van der Waals surface area (Å²) in [6.45, 7) is 5.87. The molecule has 0 aliphatic carbocycles. The maximum Gasteiger partial charge on any atom is 0.0534 e. The lowest BCUT2D eigenvalue weighted by molar-refractivity contribution is 0.405. The van der Waals surface area contributed by atoms with E-state index in [9.17, 15) is 0 Å². The third-order valence-electron chi connectivity index (χ3n) is 2.39. The minimum absolute atomic E-state index is 0.384. The fourth-order valence-corrected chi connectivity index (χ4v) is 1.40. The number of nitrogens with one attached hydrogen (secondary N) is 1. The molecule has 0 fully saturated rings. The molecule has 0 radical (unpaired) electrons. The summed E-state index contributed by atoms with van der Waals surface area (Å²) in [4.78, 5) is 0. The Morgan fingerprint density at radius 1 is 1.57 bits per heavy atom. The predicted octanol–water partition coefficient (Wildman–Crippen LogP) is 0.493. The van der Waals surface area contributed by atoms with Crippen molar-refractivity contribution in [3.05, 3.63) is 18.0 Å². The van der Waals surface area contributed by atoms with Crippen LogP contribution in [-0.4, -0.2) is 22.4 Å². The minimum Gasteiger partial charge on any atom is -0.329 e. The fourth-order valence-electron chi connectivity index (χ4n) is 1.40. The fraction of sp³-hybridized carbons (Fsp3) is 0.700. The molecule has 3 N–H and O–H groups in total. The zero-order valence-corrected chi connectivity index (χ0v) is 9.20. The molecule has 0 saturated heterocycles. The van der Waals surface area contributed by atoms with Crippen molar-refractivity contribution in [2.75, 3.05) is 6.54 Å². The predicted molar refractivity (Wildman–Crippen MR) is 57.7 cm³/mol. The van der Waals surface area contributed by atoms with Gasteiger partial charge in [0.2, 0.25) is 0 Å². The van der Waals surface area contributed by atoms with Crippen LogP contribution in [0.25, 0.3) is 0 Å². The molecule has 4 heteroatoms. The van der Waals surface area contributed by atoms with Gasteiger partial charge in [0, 0.05) is 37.9 Å². The normalized spacial score (nSPS) is 13.5. The summed E-state index contributed by atoms with van der Waals surface area (Å²) in [6.07, 6.45) is 3.89. The van der Waals surface area contributed by atoms with E-state index in [4.69, 9.17) is 5.73 Å². The standard InChI is InChI=1S/C10H20N4/c1-8(2)10(4-11)12-5-9-6-13-14(3)7-9/h6-8,10,12H,4-5,11H2,1-3H3. The first kappa shape index (κ1) is 11.2. The quantitative estimate of drug-likeness (QED) is 0.720. The Morgan fingerprint density at radius 2 is 2.29 bits per heavy atom. The van der Waals surface area contributed by atoms with Gasteiger partial charge in [-0.25, -0.2) is 0 Å². The van der Waals surface area contributed by atoms with Crippen LogP contribution in [0.5, 0.6) is 0 Å². The number of rotatable bonds is 5. The lowest BCUT2D eigenvalue weighted by atomic mass is 10.0. The Labute approximate surface area is 85.5 Å². The van der Waals surface area contributed by atoms with Crippen LogP contribution in [0.1, 0.15) is 19.4 Å². The van der Waals surface area contributed by atoms with Crippen LogP contribution in [0.4, 0.5) is 0 Å². The first-order valence-electron chi connectivity index (χ1n) is 5.04. The minimum atomic E-state index is 0.384. The summed E-state index contributed by atoms with van der Waals surface area (Å²) >= 11 is 0. The van der Waals surface area contributed by atoms with E-state index in [0.29, 0.717) is 18.5 Å². The van der Waals surface area contributed by atoms with Crippen molar-refractivity contribution >= 4 is 0 Å². The summed E-state index contributed by atoms with van der Waals surface area (Å²) in [5.41, 5.74) is 6.86. The van der Waals surface area contributed by atoms with Crippen molar-refractivity contribution in [3.63, 3.8) is 0 Å². The molecular formula is C10H20N4. The first-order chi connectivity index (χ1) is 6.63. The number of nitrogens with two attached hydrogens (primary N) is 1. The molecule has 0 saturated carbocycles. The Morgan fingerprint density at radius 3 is 2.71 bits per heavy atom. The second-order valence-corrected chi connectivity index (χ2v) is 3.99. The molecule has 0 aliphatic heterocycles. The molecule has 80 valence electrons. The Balaban J connectivity index is 2.39. The van der Waals surface area contributed by atoms with Gasteiger partial charge in [0.15, 0.2) is 0 Å². The van der Waals surface area contributed by atoms with Gasteiger partial charge in [-0.3, -0.25) is 4.68 Å². The van der Waals surface area contributed by atoms with E-state index in [0.717, 1.165) is 6.54 Å². The molecule has 0 bridgehead atoms. The molecule has 1 unspecified atom stereocenters. The van der Waals surface area contributed by atoms with Gasteiger partial charge in [-0.1, -0.05) is 13.8 Å². The highest BCUT2D eigenvalue weighted by atomic mass is 15.2. The maximum absolute atomic E-state index is 5.66. The molecule has 0 amide bonds. The summed E-state index contributed by atoms with van der Waals surface area (Å²) in [6, 6.07) is 0.384. The van der Waals surface area contributed by atoms with Gasteiger partial charge in [-0.05, 0) is 5.92 Å². The molecule has 0 aliphatic rings. The number of hydrogen-bond donors (Lipinski definition) is 2. The molecule has 0 spiro atoms. The zero-order valence-electron chi connectivity index (χ0n) is 9.20. The van der Waals surface area contributed by atoms with E-state index < -0.39 is 0 Å². The van der Waals surface area contributed by atoms with Crippen LogP contribution in [0.2, 0.25) is 0 Å². The van der Waals surface area contributed by atoms with Gasteiger partial charge in [0.1, 0.15) is 0 Å². The molecule has 14 heavy (non-hydrogen) atoms. The van der Waals surface area contributed by atoms with Gasteiger partial charge in [0.25, 0.3) is 0 Å². The summed E-state index contributed by atoms with van der Waals surface area (Å²) in [5.74, 6) is 0.566. The van der Waals surface area contributed by atoms with Gasteiger partial charge in [-0.2, -0.15) is 5.10 Å². The SMILES string of the molecule is CC(C)C(CN)NCc1cnn(C)c1. The average molecular weight is 196 g/mol. The molecule has 1 rings (SSSR count). The zero-order chi connectivity index (χ0) is 10.6. The number of nitrogens with zero attached hydrogens (tertiary/aromatic N) is 2. The van der Waals surface area contributed by atoms with E-state index in [1.54, 1.807) is 0 Å². The summed E-state index contributed by atoms with van der Waals surface area (Å²) in [5, 5.41) is 7.53. The highest BCUT2D eigenvalue weighted by Crippen LogP contribution is 2.02. The monoisotopic (exact) mass is 196 g/mol. The molecule has 4 nitrogen and oxygen atoms in total. The highest BCUT2D eigenvalue weighted by Gasteiger charge is 2.10. The van der Waals surface area contributed by atoms with E-state index in [1.807, 2.05) is 24.1 Å². The third kappa shape index (κ3) is 3.12. The molecule has 1 aromatic rings. The van der Waals surface area contributed by atoms with E-state index >= 15 is 0 Å². The van der Waals surface area contributed by atoms with Gasteiger partial charge in [-0.15, -0.1) is 0 Å². The summed E-state index contributed by atoms with van der Waals surface area (Å²) < 4.78 is 1.81. The van der Waals surface area contributed by atoms with E-state index in [2.05, 4.69) is 24.3 Å². The molecule has 1 heterocycles. The molecule has 0 aromatic carbocycles. The van der Waals surface area contributed by atoms with Crippen molar-refractivity contribution < 1.29 is 0 Å². The number of aromatic nitrogens is 2.